The largest absolute Gasteiger partial charge is 0.361 e. The lowest BCUT2D eigenvalue weighted by Crippen LogP contribution is -2.47. The molecule has 1 fully saturated rings. The van der Waals surface area contributed by atoms with Crippen molar-refractivity contribution in [3.8, 4) is 0 Å². The quantitative estimate of drug-likeness (QED) is 0.725. The standard InChI is InChI=1S/C21H22ClN3O/c22-18-6-3-15(4-7-18)13-25-11-1-2-19(14-25)24-21(26)17-5-8-20-16(12-17)9-10-23-20/h3-10,12,19,23H,1-2,11,13-14H2,(H,24,26)/t19-/m0/s1. The van der Waals surface area contributed by atoms with Gasteiger partial charge in [-0.1, -0.05) is 23.7 Å². The second-order valence-electron chi connectivity index (χ2n) is 6.95. The number of fused-ring (bicyclic) bond motifs is 1. The van der Waals surface area contributed by atoms with Gasteiger partial charge in [0.2, 0.25) is 0 Å². The van der Waals surface area contributed by atoms with Crippen LogP contribution in [0.25, 0.3) is 10.9 Å². The van der Waals surface area contributed by atoms with Crippen molar-refractivity contribution >= 4 is 28.4 Å². The lowest BCUT2D eigenvalue weighted by atomic mass is 10.0. The molecule has 2 heterocycles. The summed E-state index contributed by atoms with van der Waals surface area (Å²) in [7, 11) is 0. The van der Waals surface area contributed by atoms with Crippen LogP contribution in [-0.4, -0.2) is 34.9 Å². The van der Waals surface area contributed by atoms with E-state index < -0.39 is 0 Å². The molecule has 3 aromatic rings. The van der Waals surface area contributed by atoms with Crippen LogP contribution in [0, 0.1) is 0 Å². The van der Waals surface area contributed by atoms with Gasteiger partial charge in [-0.05, 0) is 61.3 Å². The molecule has 0 radical (unpaired) electrons. The van der Waals surface area contributed by atoms with E-state index in [4.69, 9.17) is 11.6 Å². The van der Waals surface area contributed by atoms with Crippen molar-refractivity contribution in [3.63, 3.8) is 0 Å². The number of amides is 1. The van der Waals surface area contributed by atoms with Crippen LogP contribution >= 0.6 is 11.6 Å². The first-order valence-electron chi connectivity index (χ1n) is 9.02. The molecule has 0 spiro atoms. The maximum absolute atomic E-state index is 12.6. The number of rotatable bonds is 4. The van der Waals surface area contributed by atoms with Crippen molar-refractivity contribution in [1.82, 2.24) is 15.2 Å². The van der Waals surface area contributed by atoms with E-state index in [0.29, 0.717) is 5.56 Å². The van der Waals surface area contributed by atoms with Gasteiger partial charge >= 0.3 is 0 Å². The number of carbonyl (C=O) groups is 1. The smallest absolute Gasteiger partial charge is 0.251 e. The molecule has 5 heteroatoms. The van der Waals surface area contributed by atoms with Crippen LogP contribution in [0.15, 0.2) is 54.7 Å². The van der Waals surface area contributed by atoms with E-state index in [1.54, 1.807) is 0 Å². The van der Waals surface area contributed by atoms with E-state index in [9.17, 15) is 4.79 Å². The molecular formula is C21H22ClN3O. The molecule has 0 bridgehead atoms. The summed E-state index contributed by atoms with van der Waals surface area (Å²) in [4.78, 5) is 18.2. The zero-order valence-electron chi connectivity index (χ0n) is 14.5. The van der Waals surface area contributed by atoms with Gasteiger partial charge in [0.1, 0.15) is 0 Å². The molecule has 0 saturated carbocycles. The third kappa shape index (κ3) is 3.92. The molecule has 1 saturated heterocycles. The summed E-state index contributed by atoms with van der Waals surface area (Å²) < 4.78 is 0. The average Bonchev–Trinajstić information content (AvgIpc) is 3.12. The summed E-state index contributed by atoms with van der Waals surface area (Å²) in [6.07, 6.45) is 4.01. The summed E-state index contributed by atoms with van der Waals surface area (Å²) in [6, 6.07) is 15.9. The third-order valence-corrected chi connectivity index (χ3v) is 5.23. The minimum absolute atomic E-state index is 0.00597. The molecule has 0 unspecified atom stereocenters. The van der Waals surface area contributed by atoms with Crippen LogP contribution in [-0.2, 0) is 6.54 Å². The Hall–Kier alpha value is -2.30. The molecule has 4 rings (SSSR count). The van der Waals surface area contributed by atoms with Crippen molar-refractivity contribution in [2.24, 2.45) is 0 Å². The number of aromatic amines is 1. The number of nitrogens with one attached hydrogen (secondary N) is 2. The van der Waals surface area contributed by atoms with Crippen LogP contribution in [0.3, 0.4) is 0 Å². The third-order valence-electron chi connectivity index (χ3n) is 4.98. The number of hydrogen-bond acceptors (Lipinski definition) is 2. The van der Waals surface area contributed by atoms with Crippen LogP contribution in [0.2, 0.25) is 5.02 Å². The summed E-state index contributed by atoms with van der Waals surface area (Å²) in [5.74, 6) is 0.00597. The highest BCUT2D eigenvalue weighted by molar-refractivity contribution is 6.30. The van der Waals surface area contributed by atoms with Crippen LogP contribution in [0.5, 0.6) is 0 Å². The van der Waals surface area contributed by atoms with Gasteiger partial charge in [0.05, 0.1) is 0 Å². The number of aromatic nitrogens is 1. The Morgan fingerprint density at radius 2 is 2.04 bits per heavy atom. The monoisotopic (exact) mass is 367 g/mol. The SMILES string of the molecule is O=C(N[C@H]1CCCN(Cc2ccc(Cl)cc2)C1)c1ccc2[nH]ccc2c1. The Kier molecular flexibility index (Phi) is 4.96. The number of hydrogen-bond donors (Lipinski definition) is 2. The highest BCUT2D eigenvalue weighted by Crippen LogP contribution is 2.18. The van der Waals surface area contributed by atoms with Gasteiger partial charge in [0.25, 0.3) is 5.91 Å². The zero-order chi connectivity index (χ0) is 17.9. The second-order valence-corrected chi connectivity index (χ2v) is 7.39. The maximum atomic E-state index is 12.6. The van der Waals surface area contributed by atoms with Crippen molar-refractivity contribution in [3.05, 3.63) is 70.9 Å². The van der Waals surface area contributed by atoms with Gasteiger partial charge in [0, 0.05) is 46.8 Å². The highest BCUT2D eigenvalue weighted by atomic mass is 35.5. The highest BCUT2D eigenvalue weighted by Gasteiger charge is 2.22. The zero-order valence-corrected chi connectivity index (χ0v) is 15.3. The fourth-order valence-corrected chi connectivity index (χ4v) is 3.75. The van der Waals surface area contributed by atoms with Gasteiger partial charge in [0.15, 0.2) is 0 Å². The predicted molar refractivity (Wildman–Crippen MR) is 106 cm³/mol. The lowest BCUT2D eigenvalue weighted by Gasteiger charge is -2.33. The molecule has 2 N–H and O–H groups in total. The first-order valence-corrected chi connectivity index (χ1v) is 9.40. The summed E-state index contributed by atoms with van der Waals surface area (Å²) in [6.45, 7) is 2.82. The Morgan fingerprint density at radius 3 is 2.88 bits per heavy atom. The van der Waals surface area contributed by atoms with Crippen molar-refractivity contribution in [2.45, 2.75) is 25.4 Å². The maximum Gasteiger partial charge on any atom is 0.251 e. The van der Waals surface area contributed by atoms with Crippen molar-refractivity contribution < 1.29 is 4.79 Å². The van der Waals surface area contributed by atoms with Gasteiger partial charge in [-0.15, -0.1) is 0 Å². The van der Waals surface area contributed by atoms with Crippen molar-refractivity contribution in [2.75, 3.05) is 13.1 Å². The van der Waals surface area contributed by atoms with Crippen LogP contribution in [0.4, 0.5) is 0 Å². The molecule has 1 amide bonds. The Labute approximate surface area is 158 Å². The first-order chi connectivity index (χ1) is 12.7. The van der Waals surface area contributed by atoms with Gasteiger partial charge in [-0.2, -0.15) is 0 Å². The fourth-order valence-electron chi connectivity index (χ4n) is 3.63. The molecule has 1 atom stereocenters. The van der Waals surface area contributed by atoms with Gasteiger partial charge in [-0.25, -0.2) is 0 Å². The second kappa shape index (κ2) is 7.52. The molecule has 134 valence electrons. The number of likely N-dealkylation sites (tertiary alicyclic amines) is 1. The predicted octanol–water partition coefficient (Wildman–Crippen LogP) is 4.22. The van der Waals surface area contributed by atoms with E-state index in [0.717, 1.165) is 48.4 Å². The van der Waals surface area contributed by atoms with E-state index in [-0.39, 0.29) is 11.9 Å². The van der Waals surface area contributed by atoms with E-state index in [1.807, 2.05) is 42.6 Å². The number of benzene rings is 2. The molecule has 0 aliphatic carbocycles. The number of nitrogens with zero attached hydrogens (tertiary/aromatic N) is 1. The Bertz CT molecular complexity index is 903. The van der Waals surface area contributed by atoms with E-state index in [2.05, 4.69) is 27.3 Å². The topological polar surface area (TPSA) is 48.1 Å². The van der Waals surface area contributed by atoms with Crippen LogP contribution < -0.4 is 5.32 Å². The molecule has 1 aliphatic rings. The summed E-state index contributed by atoms with van der Waals surface area (Å²) >= 11 is 5.96. The number of H-pyrrole nitrogens is 1. The summed E-state index contributed by atoms with van der Waals surface area (Å²) in [5, 5.41) is 5.03. The molecule has 26 heavy (non-hydrogen) atoms. The summed E-state index contributed by atoms with van der Waals surface area (Å²) in [5.41, 5.74) is 3.01. The van der Waals surface area contributed by atoms with E-state index >= 15 is 0 Å². The number of carbonyl (C=O) groups excluding carboxylic acids is 1. The minimum Gasteiger partial charge on any atom is -0.361 e. The van der Waals surface area contributed by atoms with Crippen molar-refractivity contribution in [1.29, 1.82) is 0 Å². The molecule has 4 nitrogen and oxygen atoms in total. The van der Waals surface area contributed by atoms with Gasteiger partial charge in [-0.3, -0.25) is 9.69 Å². The fraction of sp³-hybridized carbons (Fsp3) is 0.286. The van der Waals surface area contributed by atoms with Gasteiger partial charge < -0.3 is 10.3 Å². The molecule has 1 aromatic heterocycles. The Morgan fingerprint density at radius 1 is 1.19 bits per heavy atom. The molecule has 1 aliphatic heterocycles. The average molecular weight is 368 g/mol. The van der Waals surface area contributed by atoms with Crippen LogP contribution in [0.1, 0.15) is 28.8 Å². The Balaban J connectivity index is 1.38. The molecular weight excluding hydrogens is 346 g/mol. The number of piperidine rings is 1. The number of halogens is 1. The first kappa shape index (κ1) is 17.1. The minimum atomic E-state index is 0.00597. The van der Waals surface area contributed by atoms with E-state index in [1.165, 1.54) is 5.56 Å². The lowest BCUT2D eigenvalue weighted by molar-refractivity contribution is 0.0901. The normalized spacial score (nSPS) is 18.1. The molecule has 2 aromatic carbocycles.